The number of amides is 1. The third kappa shape index (κ3) is 3.54. The van der Waals surface area contributed by atoms with E-state index in [4.69, 9.17) is 0 Å². The summed E-state index contributed by atoms with van der Waals surface area (Å²) in [5.74, 6) is 0.212. The Bertz CT molecular complexity index is 376. The first kappa shape index (κ1) is 14.2. The predicted molar refractivity (Wildman–Crippen MR) is 79.3 cm³/mol. The van der Waals surface area contributed by atoms with Crippen LogP contribution in [0.1, 0.15) is 10.4 Å². The fraction of sp³-hybridized carbons (Fsp3) is 0.462. The molecule has 0 aliphatic heterocycles. The molecule has 1 rings (SSSR count). The van der Waals surface area contributed by atoms with Gasteiger partial charge in [0.25, 0.3) is 0 Å². The summed E-state index contributed by atoms with van der Waals surface area (Å²) in [5.41, 5.74) is 0.817. The van der Waals surface area contributed by atoms with E-state index in [1.54, 1.807) is 0 Å². The molecule has 0 unspecified atom stereocenters. The minimum Gasteiger partial charge on any atom is -0.392 e. The molecule has 0 aromatic heterocycles. The van der Waals surface area contributed by atoms with E-state index >= 15 is 0 Å². The van der Waals surface area contributed by atoms with Crippen LogP contribution in [0.5, 0.6) is 0 Å². The van der Waals surface area contributed by atoms with E-state index in [0.29, 0.717) is 0 Å². The summed E-state index contributed by atoms with van der Waals surface area (Å²) in [6.45, 7) is 13.5. The van der Waals surface area contributed by atoms with Crippen molar-refractivity contribution in [3.05, 3.63) is 35.9 Å². The zero-order chi connectivity index (χ0) is 13.3. The monoisotopic (exact) mass is 265 g/mol. The smallest absolute Gasteiger partial charge is 0.238 e. The molecule has 0 N–H and O–H groups in total. The number of hydrogen-bond acceptors (Lipinski definition) is 1. The highest BCUT2D eigenvalue weighted by Gasteiger charge is 2.38. The second kappa shape index (κ2) is 4.78. The molecule has 0 spiro atoms. The molecule has 0 bridgehead atoms. The Balaban J connectivity index is 3.14. The molecule has 0 saturated carbocycles. The van der Waals surface area contributed by atoms with Gasteiger partial charge in [-0.25, -0.2) is 0 Å². The maximum Gasteiger partial charge on any atom is 0.238 e. The fourth-order valence-corrected chi connectivity index (χ4v) is 11.9. The summed E-state index contributed by atoms with van der Waals surface area (Å²) in [6, 6.07) is 9.63. The molecule has 1 amide bonds. The maximum absolute atomic E-state index is 12.6. The molecule has 0 aliphatic carbocycles. The van der Waals surface area contributed by atoms with Gasteiger partial charge in [-0.05, 0) is 12.1 Å². The highest BCUT2D eigenvalue weighted by molar-refractivity contribution is 6.92. The van der Waals surface area contributed by atoms with Gasteiger partial charge in [-0.15, -0.1) is 0 Å². The van der Waals surface area contributed by atoms with Crippen molar-refractivity contribution in [3.63, 3.8) is 0 Å². The first-order valence-electron chi connectivity index (χ1n) is 6.04. The number of nitrogens with zero attached hydrogens (tertiary/aromatic N) is 1. The van der Waals surface area contributed by atoms with Crippen molar-refractivity contribution in [1.29, 1.82) is 0 Å². The fourth-order valence-electron chi connectivity index (χ4n) is 2.33. The maximum atomic E-state index is 12.6. The first-order chi connectivity index (χ1) is 7.64. The Kier molecular flexibility index (Phi) is 3.99. The number of benzene rings is 1. The lowest BCUT2D eigenvalue weighted by Crippen LogP contribution is -2.61. The molecule has 2 nitrogen and oxygen atoms in total. The highest BCUT2D eigenvalue weighted by Crippen LogP contribution is 2.22. The van der Waals surface area contributed by atoms with Gasteiger partial charge in [0.2, 0.25) is 5.91 Å². The van der Waals surface area contributed by atoms with Crippen molar-refractivity contribution in [2.24, 2.45) is 0 Å². The molecule has 0 aliphatic rings. The molecule has 0 saturated heterocycles. The van der Waals surface area contributed by atoms with E-state index in [9.17, 15) is 4.79 Å². The molecular weight excluding hydrogens is 242 g/mol. The van der Waals surface area contributed by atoms with Gasteiger partial charge < -0.3 is 4.23 Å². The minimum absolute atomic E-state index is 0.212. The second-order valence-corrected chi connectivity index (χ2v) is 16.4. The molecular formula is C13H23NOSi2. The van der Waals surface area contributed by atoms with E-state index in [1.807, 2.05) is 30.3 Å². The molecule has 17 heavy (non-hydrogen) atoms. The quantitative estimate of drug-likeness (QED) is 0.761. The average molecular weight is 266 g/mol. The molecule has 1 aromatic rings. The lowest BCUT2D eigenvalue weighted by Gasteiger charge is -2.43. The largest absolute Gasteiger partial charge is 0.392 e. The Morgan fingerprint density at radius 2 is 1.29 bits per heavy atom. The van der Waals surface area contributed by atoms with Crippen LogP contribution in [0.15, 0.2) is 30.3 Å². The standard InChI is InChI=1S/C13H23NOSi2/c1-16(2,3)14(17(4,5)6)13(15)12-10-8-7-9-11-12/h7-11H,1-6H3. The second-order valence-electron chi connectivity index (χ2n) is 6.35. The molecule has 0 atom stereocenters. The van der Waals surface area contributed by atoms with E-state index < -0.39 is 16.5 Å². The number of rotatable bonds is 3. The van der Waals surface area contributed by atoms with Gasteiger partial charge in [-0.1, -0.05) is 57.5 Å². The van der Waals surface area contributed by atoms with Crippen LogP contribution in [0.2, 0.25) is 39.3 Å². The SMILES string of the molecule is C[Si](C)(C)N(C(=O)c1ccccc1)[Si](C)(C)C. The number of carbonyl (C=O) groups is 1. The van der Waals surface area contributed by atoms with Crippen LogP contribution < -0.4 is 0 Å². The van der Waals surface area contributed by atoms with Crippen molar-refractivity contribution in [2.45, 2.75) is 39.3 Å². The van der Waals surface area contributed by atoms with Crippen molar-refractivity contribution in [2.75, 3.05) is 0 Å². The van der Waals surface area contributed by atoms with Gasteiger partial charge in [0.1, 0.15) is 16.5 Å². The van der Waals surface area contributed by atoms with Crippen LogP contribution in [0.25, 0.3) is 0 Å². The van der Waals surface area contributed by atoms with Crippen LogP contribution in [-0.4, -0.2) is 26.6 Å². The Morgan fingerprint density at radius 3 is 1.65 bits per heavy atom. The van der Waals surface area contributed by atoms with Crippen LogP contribution in [0, 0.1) is 0 Å². The summed E-state index contributed by atoms with van der Waals surface area (Å²) in [4.78, 5) is 12.6. The third-order valence-electron chi connectivity index (χ3n) is 2.57. The topological polar surface area (TPSA) is 20.3 Å². The van der Waals surface area contributed by atoms with Gasteiger partial charge >= 0.3 is 0 Å². The average Bonchev–Trinajstić information content (AvgIpc) is 2.14. The molecule has 0 radical (unpaired) electrons. The zero-order valence-corrected chi connectivity index (χ0v) is 13.7. The van der Waals surface area contributed by atoms with Gasteiger partial charge in [0.05, 0.1) is 0 Å². The summed E-state index contributed by atoms with van der Waals surface area (Å²) in [6.07, 6.45) is 0. The number of carbonyl (C=O) groups excluding carboxylic acids is 1. The van der Waals surface area contributed by atoms with Crippen LogP contribution in [0.3, 0.4) is 0 Å². The molecule has 94 valence electrons. The van der Waals surface area contributed by atoms with Gasteiger partial charge in [0.15, 0.2) is 0 Å². The Labute approximate surface area is 107 Å². The first-order valence-corrected chi connectivity index (χ1v) is 12.9. The van der Waals surface area contributed by atoms with E-state index in [-0.39, 0.29) is 5.91 Å². The summed E-state index contributed by atoms with van der Waals surface area (Å²) in [5, 5.41) is 0. The van der Waals surface area contributed by atoms with Crippen molar-refractivity contribution in [1.82, 2.24) is 4.23 Å². The van der Waals surface area contributed by atoms with Gasteiger partial charge in [-0.3, -0.25) is 4.79 Å². The normalized spacial score (nSPS) is 12.4. The van der Waals surface area contributed by atoms with Crippen molar-refractivity contribution in [3.8, 4) is 0 Å². The predicted octanol–water partition coefficient (Wildman–Crippen LogP) is 3.80. The Hall–Kier alpha value is -0.876. The lowest BCUT2D eigenvalue weighted by atomic mass is 10.2. The van der Waals surface area contributed by atoms with Crippen molar-refractivity contribution < 1.29 is 4.79 Å². The van der Waals surface area contributed by atoms with Crippen LogP contribution in [-0.2, 0) is 0 Å². The van der Waals surface area contributed by atoms with E-state index in [2.05, 4.69) is 43.5 Å². The molecule has 4 heteroatoms. The van der Waals surface area contributed by atoms with Crippen LogP contribution in [0.4, 0.5) is 0 Å². The molecule has 1 aromatic carbocycles. The lowest BCUT2D eigenvalue weighted by molar-refractivity contribution is 0.0908. The summed E-state index contributed by atoms with van der Waals surface area (Å²) in [7, 11) is -3.24. The Morgan fingerprint density at radius 1 is 0.882 bits per heavy atom. The van der Waals surface area contributed by atoms with E-state index in [0.717, 1.165) is 5.56 Å². The summed E-state index contributed by atoms with van der Waals surface area (Å²) >= 11 is 0. The van der Waals surface area contributed by atoms with Gasteiger partial charge in [0, 0.05) is 5.56 Å². The third-order valence-corrected chi connectivity index (χ3v) is 9.68. The zero-order valence-electron chi connectivity index (χ0n) is 11.7. The molecule has 0 heterocycles. The van der Waals surface area contributed by atoms with Crippen LogP contribution >= 0.6 is 0 Å². The highest BCUT2D eigenvalue weighted by atomic mass is 28.4. The molecule has 0 fully saturated rings. The summed E-state index contributed by atoms with van der Waals surface area (Å²) < 4.78 is 2.22. The van der Waals surface area contributed by atoms with Crippen molar-refractivity contribution >= 4 is 22.4 Å². The van der Waals surface area contributed by atoms with E-state index in [1.165, 1.54) is 0 Å². The number of hydrogen-bond donors (Lipinski definition) is 0. The minimum atomic E-state index is -1.62. The van der Waals surface area contributed by atoms with Gasteiger partial charge in [-0.2, -0.15) is 0 Å².